The summed E-state index contributed by atoms with van der Waals surface area (Å²) in [6.07, 6.45) is 0. The number of benzene rings is 2. The molecule has 21 heavy (non-hydrogen) atoms. The van der Waals surface area contributed by atoms with Crippen molar-refractivity contribution in [3.8, 4) is 11.5 Å². The van der Waals surface area contributed by atoms with E-state index in [1.807, 2.05) is 0 Å². The van der Waals surface area contributed by atoms with Gasteiger partial charge in [-0.2, -0.15) is 0 Å². The van der Waals surface area contributed by atoms with Crippen LogP contribution in [-0.2, 0) is 0 Å². The number of ether oxygens (including phenoxy) is 2. The van der Waals surface area contributed by atoms with E-state index >= 15 is 0 Å². The van der Waals surface area contributed by atoms with Gasteiger partial charge >= 0.3 is 0 Å². The number of rotatable bonds is 4. The smallest absolute Gasteiger partial charge is 0.197 e. The predicted molar refractivity (Wildman–Crippen MR) is 81.5 cm³/mol. The summed E-state index contributed by atoms with van der Waals surface area (Å²) in [6.45, 7) is 0. The third-order valence-corrected chi connectivity index (χ3v) is 3.61. The Morgan fingerprint density at radius 3 is 2.29 bits per heavy atom. The summed E-state index contributed by atoms with van der Waals surface area (Å²) in [6, 6.07) is 7.05. The Morgan fingerprint density at radius 2 is 1.71 bits per heavy atom. The monoisotopic (exact) mass is 353 g/mol. The second kappa shape index (κ2) is 6.13. The maximum atomic E-state index is 13.9. The van der Waals surface area contributed by atoms with E-state index in [9.17, 15) is 9.18 Å². The highest BCUT2D eigenvalue weighted by molar-refractivity contribution is 9.10. The normalized spacial score (nSPS) is 10.3. The van der Waals surface area contributed by atoms with Crippen LogP contribution in [0.15, 0.2) is 34.8 Å². The first-order chi connectivity index (χ1) is 9.97. The van der Waals surface area contributed by atoms with Gasteiger partial charge in [-0.25, -0.2) is 4.39 Å². The number of hydrogen-bond donors (Lipinski definition) is 1. The van der Waals surface area contributed by atoms with Crippen LogP contribution in [0.25, 0.3) is 0 Å². The lowest BCUT2D eigenvalue weighted by molar-refractivity contribution is 0.103. The molecule has 0 heterocycles. The highest BCUT2D eigenvalue weighted by Gasteiger charge is 2.19. The van der Waals surface area contributed by atoms with Gasteiger partial charge in [0, 0.05) is 15.7 Å². The van der Waals surface area contributed by atoms with Gasteiger partial charge in [0.25, 0.3) is 0 Å². The zero-order valence-electron chi connectivity index (χ0n) is 11.4. The topological polar surface area (TPSA) is 61.5 Å². The highest BCUT2D eigenvalue weighted by Crippen LogP contribution is 2.34. The lowest BCUT2D eigenvalue weighted by atomic mass is 10.0. The zero-order valence-corrected chi connectivity index (χ0v) is 13.0. The van der Waals surface area contributed by atoms with Crippen LogP contribution < -0.4 is 15.2 Å². The number of carbonyl (C=O) groups is 1. The van der Waals surface area contributed by atoms with Crippen LogP contribution in [0.4, 0.5) is 10.1 Å². The van der Waals surface area contributed by atoms with E-state index in [2.05, 4.69) is 15.9 Å². The van der Waals surface area contributed by atoms with Crippen molar-refractivity contribution in [1.82, 2.24) is 0 Å². The molecule has 110 valence electrons. The van der Waals surface area contributed by atoms with E-state index in [1.54, 1.807) is 6.07 Å². The van der Waals surface area contributed by atoms with Gasteiger partial charge in [-0.1, -0.05) is 0 Å². The SMILES string of the molecule is COc1cc(Br)c(C(=O)c2ccc(N)cc2F)cc1OC. The number of hydrogen-bond acceptors (Lipinski definition) is 4. The summed E-state index contributed by atoms with van der Waals surface area (Å²) in [7, 11) is 2.95. The average molecular weight is 354 g/mol. The van der Waals surface area contributed by atoms with E-state index in [-0.39, 0.29) is 16.8 Å². The first-order valence-electron chi connectivity index (χ1n) is 5.99. The van der Waals surface area contributed by atoms with Crippen LogP contribution in [0.5, 0.6) is 11.5 Å². The first kappa shape index (κ1) is 15.3. The third kappa shape index (κ3) is 3.00. The predicted octanol–water partition coefficient (Wildman–Crippen LogP) is 3.42. The second-order valence-corrected chi connectivity index (χ2v) is 5.11. The van der Waals surface area contributed by atoms with Crippen molar-refractivity contribution in [2.45, 2.75) is 0 Å². The number of ketones is 1. The number of methoxy groups -OCH3 is 2. The van der Waals surface area contributed by atoms with Crippen molar-refractivity contribution in [3.05, 3.63) is 51.7 Å². The maximum absolute atomic E-state index is 13.9. The number of anilines is 1. The molecule has 0 radical (unpaired) electrons. The molecule has 2 aromatic rings. The lowest BCUT2D eigenvalue weighted by Crippen LogP contribution is -2.07. The molecule has 0 saturated carbocycles. The average Bonchev–Trinajstić information content (AvgIpc) is 2.46. The molecule has 0 spiro atoms. The molecule has 0 unspecified atom stereocenters. The zero-order chi connectivity index (χ0) is 15.6. The summed E-state index contributed by atoms with van der Waals surface area (Å²) in [5.41, 5.74) is 5.96. The molecule has 0 aliphatic carbocycles. The number of nitrogen functional groups attached to an aromatic ring is 1. The van der Waals surface area contributed by atoms with Crippen LogP contribution in [0.2, 0.25) is 0 Å². The number of carbonyl (C=O) groups excluding carboxylic acids is 1. The maximum Gasteiger partial charge on any atom is 0.197 e. The van der Waals surface area contributed by atoms with E-state index in [0.29, 0.717) is 16.0 Å². The van der Waals surface area contributed by atoms with Gasteiger partial charge in [-0.3, -0.25) is 4.79 Å². The van der Waals surface area contributed by atoms with Gasteiger partial charge in [-0.15, -0.1) is 0 Å². The highest BCUT2D eigenvalue weighted by atomic mass is 79.9. The quantitative estimate of drug-likeness (QED) is 0.675. The molecule has 0 aliphatic rings. The Balaban J connectivity index is 2.53. The van der Waals surface area contributed by atoms with Gasteiger partial charge in [-0.05, 0) is 46.3 Å². The Bertz CT molecular complexity index is 704. The standard InChI is InChI=1S/C15H13BrFNO3/c1-20-13-6-10(11(16)7-14(13)21-2)15(19)9-4-3-8(18)5-12(9)17/h3-7H,18H2,1-2H3. The van der Waals surface area contributed by atoms with Crippen LogP contribution in [-0.4, -0.2) is 20.0 Å². The molecule has 4 nitrogen and oxygen atoms in total. The second-order valence-electron chi connectivity index (χ2n) is 4.26. The van der Waals surface area contributed by atoms with Crippen LogP contribution in [0.3, 0.4) is 0 Å². The minimum atomic E-state index is -0.665. The molecule has 0 saturated heterocycles. The Morgan fingerprint density at radius 1 is 1.10 bits per heavy atom. The Hall–Kier alpha value is -2.08. The van der Waals surface area contributed by atoms with Gasteiger partial charge in [0.1, 0.15) is 5.82 Å². The summed E-state index contributed by atoms with van der Waals surface area (Å²) in [5.74, 6) is -0.277. The minimum absolute atomic E-state index is 0.0582. The van der Waals surface area contributed by atoms with Crippen LogP contribution in [0, 0.1) is 5.82 Å². The van der Waals surface area contributed by atoms with Crippen molar-refractivity contribution in [2.75, 3.05) is 20.0 Å². The first-order valence-corrected chi connectivity index (χ1v) is 6.78. The number of halogens is 2. The van der Waals surface area contributed by atoms with Crippen molar-refractivity contribution in [3.63, 3.8) is 0 Å². The van der Waals surface area contributed by atoms with Crippen molar-refractivity contribution < 1.29 is 18.7 Å². The fourth-order valence-corrected chi connectivity index (χ4v) is 2.39. The van der Waals surface area contributed by atoms with Gasteiger partial charge < -0.3 is 15.2 Å². The molecule has 0 aliphatic heterocycles. The summed E-state index contributed by atoms with van der Waals surface area (Å²) in [5, 5.41) is 0. The van der Waals surface area contributed by atoms with Crippen LogP contribution >= 0.6 is 15.9 Å². The van der Waals surface area contributed by atoms with Crippen LogP contribution in [0.1, 0.15) is 15.9 Å². The van der Waals surface area contributed by atoms with Crippen molar-refractivity contribution in [1.29, 1.82) is 0 Å². The largest absolute Gasteiger partial charge is 0.493 e. The lowest BCUT2D eigenvalue weighted by Gasteiger charge is -2.11. The molecule has 0 amide bonds. The van der Waals surface area contributed by atoms with E-state index in [0.717, 1.165) is 6.07 Å². The molecular weight excluding hydrogens is 341 g/mol. The van der Waals surface area contributed by atoms with Gasteiger partial charge in [0.05, 0.1) is 19.8 Å². The molecule has 2 N–H and O–H groups in total. The molecular formula is C15H13BrFNO3. The molecule has 6 heteroatoms. The molecule has 0 aromatic heterocycles. The fourth-order valence-electron chi connectivity index (χ4n) is 1.89. The van der Waals surface area contributed by atoms with Crippen molar-refractivity contribution >= 4 is 27.4 Å². The van der Waals surface area contributed by atoms with Gasteiger partial charge in [0.2, 0.25) is 0 Å². The Kier molecular flexibility index (Phi) is 4.47. The van der Waals surface area contributed by atoms with E-state index in [4.69, 9.17) is 15.2 Å². The van der Waals surface area contributed by atoms with E-state index < -0.39 is 11.6 Å². The molecule has 2 aromatic carbocycles. The van der Waals surface area contributed by atoms with Crippen molar-refractivity contribution in [2.24, 2.45) is 0 Å². The fraction of sp³-hybridized carbons (Fsp3) is 0.133. The third-order valence-electron chi connectivity index (χ3n) is 2.96. The summed E-state index contributed by atoms with van der Waals surface area (Å²) in [4.78, 5) is 12.5. The molecule has 0 bridgehead atoms. The van der Waals surface area contributed by atoms with Gasteiger partial charge in [0.15, 0.2) is 17.3 Å². The summed E-state index contributed by atoms with van der Waals surface area (Å²) >= 11 is 3.28. The van der Waals surface area contributed by atoms with E-state index in [1.165, 1.54) is 32.4 Å². The minimum Gasteiger partial charge on any atom is -0.493 e. The summed E-state index contributed by atoms with van der Waals surface area (Å²) < 4.78 is 24.7. The molecule has 2 rings (SSSR count). The molecule has 0 fully saturated rings. The number of nitrogens with two attached hydrogens (primary N) is 1. The molecule has 0 atom stereocenters. The Labute approximate surface area is 129 Å².